The number of rotatable bonds is 6. The fraction of sp³-hybridized carbons (Fsp3) is 0.267. The molecular formula is C15H18N2OS. The second kappa shape index (κ2) is 7.07. The van der Waals surface area contributed by atoms with Crippen LogP contribution in [-0.2, 0) is 11.2 Å². The highest BCUT2D eigenvalue weighted by Gasteiger charge is 2.15. The number of amides is 1. The maximum absolute atomic E-state index is 11.8. The Labute approximate surface area is 117 Å². The van der Waals surface area contributed by atoms with E-state index in [1.807, 2.05) is 29.6 Å². The standard InChI is InChI=1S/C15H18N2OS/c16-9-8-15(18)17-13(14-7-4-10-19-14)11-12-5-2-1-3-6-12/h1-7,10,13H,8-9,11,16H2,(H,17,18). The Morgan fingerprint density at radius 3 is 2.63 bits per heavy atom. The van der Waals surface area contributed by atoms with E-state index in [9.17, 15) is 4.79 Å². The van der Waals surface area contributed by atoms with Gasteiger partial charge in [-0.05, 0) is 23.4 Å². The van der Waals surface area contributed by atoms with Crippen LogP contribution in [0.2, 0.25) is 0 Å². The highest BCUT2D eigenvalue weighted by Crippen LogP contribution is 2.23. The number of carbonyl (C=O) groups excluding carboxylic acids is 1. The van der Waals surface area contributed by atoms with Gasteiger partial charge in [-0.25, -0.2) is 0 Å². The molecule has 0 aliphatic heterocycles. The highest BCUT2D eigenvalue weighted by molar-refractivity contribution is 7.10. The van der Waals surface area contributed by atoms with Gasteiger partial charge in [0.15, 0.2) is 0 Å². The van der Waals surface area contributed by atoms with Crippen LogP contribution in [0.15, 0.2) is 47.8 Å². The molecule has 0 aliphatic rings. The van der Waals surface area contributed by atoms with Gasteiger partial charge in [0.1, 0.15) is 0 Å². The first-order chi connectivity index (χ1) is 9.29. The summed E-state index contributed by atoms with van der Waals surface area (Å²) in [5.74, 6) is 0.0110. The molecule has 0 fully saturated rings. The van der Waals surface area contributed by atoms with Crippen LogP contribution in [0.25, 0.3) is 0 Å². The zero-order chi connectivity index (χ0) is 13.5. The summed E-state index contributed by atoms with van der Waals surface area (Å²) in [5.41, 5.74) is 6.63. The van der Waals surface area contributed by atoms with Crippen molar-refractivity contribution in [2.45, 2.75) is 18.9 Å². The number of carbonyl (C=O) groups is 1. The quantitative estimate of drug-likeness (QED) is 0.850. The minimum atomic E-state index is 0.0110. The number of nitrogens with two attached hydrogens (primary N) is 1. The van der Waals surface area contributed by atoms with E-state index in [2.05, 4.69) is 23.5 Å². The second-order valence-electron chi connectivity index (χ2n) is 4.36. The molecule has 4 heteroatoms. The van der Waals surface area contributed by atoms with Crippen molar-refractivity contribution >= 4 is 17.2 Å². The molecule has 1 aromatic carbocycles. The second-order valence-corrected chi connectivity index (χ2v) is 5.34. The number of benzene rings is 1. The summed E-state index contributed by atoms with van der Waals surface area (Å²) in [6.07, 6.45) is 1.17. The Kier molecular flexibility index (Phi) is 5.12. The van der Waals surface area contributed by atoms with Gasteiger partial charge in [0.25, 0.3) is 0 Å². The Balaban J connectivity index is 2.09. The zero-order valence-corrected chi connectivity index (χ0v) is 11.5. The van der Waals surface area contributed by atoms with E-state index in [1.165, 1.54) is 10.4 Å². The number of hydrogen-bond acceptors (Lipinski definition) is 3. The third-order valence-corrected chi connectivity index (χ3v) is 3.86. The van der Waals surface area contributed by atoms with Gasteiger partial charge in [0.2, 0.25) is 5.91 Å². The van der Waals surface area contributed by atoms with Crippen molar-refractivity contribution in [2.75, 3.05) is 6.54 Å². The molecule has 1 atom stereocenters. The van der Waals surface area contributed by atoms with E-state index in [1.54, 1.807) is 11.3 Å². The summed E-state index contributed by atoms with van der Waals surface area (Å²) in [7, 11) is 0. The smallest absolute Gasteiger partial charge is 0.221 e. The van der Waals surface area contributed by atoms with Crippen molar-refractivity contribution in [1.29, 1.82) is 0 Å². The predicted octanol–water partition coefficient (Wildman–Crippen LogP) is 2.50. The molecule has 1 unspecified atom stereocenters. The maximum Gasteiger partial charge on any atom is 0.221 e. The normalized spacial score (nSPS) is 12.1. The van der Waals surface area contributed by atoms with Gasteiger partial charge in [-0.1, -0.05) is 36.4 Å². The predicted molar refractivity (Wildman–Crippen MR) is 79.0 cm³/mol. The Hall–Kier alpha value is -1.65. The topological polar surface area (TPSA) is 55.1 Å². The van der Waals surface area contributed by atoms with Gasteiger partial charge in [0, 0.05) is 17.8 Å². The van der Waals surface area contributed by atoms with E-state index in [-0.39, 0.29) is 11.9 Å². The van der Waals surface area contributed by atoms with E-state index < -0.39 is 0 Å². The van der Waals surface area contributed by atoms with Gasteiger partial charge in [-0.2, -0.15) is 0 Å². The molecule has 2 rings (SSSR count). The van der Waals surface area contributed by atoms with Crippen LogP contribution in [0.1, 0.15) is 22.9 Å². The minimum absolute atomic E-state index is 0.0110. The van der Waals surface area contributed by atoms with Crippen LogP contribution in [0, 0.1) is 0 Å². The van der Waals surface area contributed by atoms with Crippen LogP contribution in [0.3, 0.4) is 0 Å². The van der Waals surface area contributed by atoms with Crippen LogP contribution in [0.5, 0.6) is 0 Å². The molecule has 2 aromatic rings. The molecule has 0 saturated heterocycles. The van der Waals surface area contributed by atoms with Crippen LogP contribution < -0.4 is 11.1 Å². The lowest BCUT2D eigenvalue weighted by Gasteiger charge is -2.17. The molecule has 0 spiro atoms. The van der Waals surface area contributed by atoms with E-state index >= 15 is 0 Å². The van der Waals surface area contributed by atoms with E-state index in [0.29, 0.717) is 13.0 Å². The molecule has 3 nitrogen and oxygen atoms in total. The fourth-order valence-electron chi connectivity index (χ4n) is 1.96. The van der Waals surface area contributed by atoms with Crippen LogP contribution in [-0.4, -0.2) is 12.5 Å². The molecule has 0 aliphatic carbocycles. The maximum atomic E-state index is 11.8. The van der Waals surface area contributed by atoms with Gasteiger partial charge in [0.05, 0.1) is 6.04 Å². The molecule has 1 heterocycles. The largest absolute Gasteiger partial charge is 0.348 e. The van der Waals surface area contributed by atoms with Crippen molar-refractivity contribution < 1.29 is 4.79 Å². The van der Waals surface area contributed by atoms with Crippen molar-refractivity contribution in [3.63, 3.8) is 0 Å². The summed E-state index contributed by atoms with van der Waals surface area (Å²) in [6.45, 7) is 0.383. The number of nitrogens with one attached hydrogen (secondary N) is 1. The minimum Gasteiger partial charge on any atom is -0.348 e. The molecule has 0 saturated carbocycles. The van der Waals surface area contributed by atoms with Crippen molar-refractivity contribution in [2.24, 2.45) is 5.73 Å². The van der Waals surface area contributed by atoms with Gasteiger partial charge in [-0.15, -0.1) is 11.3 Å². The monoisotopic (exact) mass is 274 g/mol. The number of thiophene rings is 1. The molecule has 0 radical (unpaired) electrons. The summed E-state index contributed by atoms with van der Waals surface area (Å²) in [6, 6.07) is 14.3. The fourth-order valence-corrected chi connectivity index (χ4v) is 2.74. The Morgan fingerprint density at radius 1 is 1.21 bits per heavy atom. The molecule has 3 N–H and O–H groups in total. The third-order valence-electron chi connectivity index (χ3n) is 2.88. The average Bonchev–Trinajstić information content (AvgIpc) is 2.93. The Morgan fingerprint density at radius 2 is 2.00 bits per heavy atom. The first-order valence-corrected chi connectivity index (χ1v) is 7.24. The van der Waals surface area contributed by atoms with Crippen molar-refractivity contribution in [3.05, 3.63) is 58.3 Å². The Bertz CT molecular complexity index is 496. The summed E-state index contributed by atoms with van der Waals surface area (Å²) in [4.78, 5) is 12.9. The molecule has 0 bridgehead atoms. The summed E-state index contributed by atoms with van der Waals surface area (Å²) in [5, 5.41) is 5.09. The molecule has 100 valence electrons. The van der Waals surface area contributed by atoms with Crippen LogP contribution in [0.4, 0.5) is 0 Å². The van der Waals surface area contributed by atoms with Gasteiger partial charge < -0.3 is 11.1 Å². The molecular weight excluding hydrogens is 256 g/mol. The SMILES string of the molecule is NCCC(=O)NC(Cc1ccccc1)c1cccs1. The first kappa shape index (κ1) is 13.8. The zero-order valence-electron chi connectivity index (χ0n) is 10.7. The molecule has 1 amide bonds. The summed E-state index contributed by atoms with van der Waals surface area (Å²) >= 11 is 1.66. The van der Waals surface area contributed by atoms with Gasteiger partial charge in [-0.3, -0.25) is 4.79 Å². The molecule has 1 aromatic heterocycles. The third kappa shape index (κ3) is 4.19. The number of hydrogen-bond donors (Lipinski definition) is 2. The van der Waals surface area contributed by atoms with E-state index in [4.69, 9.17) is 5.73 Å². The average molecular weight is 274 g/mol. The van der Waals surface area contributed by atoms with E-state index in [0.717, 1.165) is 6.42 Å². The lowest BCUT2D eigenvalue weighted by atomic mass is 10.0. The lowest BCUT2D eigenvalue weighted by molar-refractivity contribution is -0.121. The molecule has 19 heavy (non-hydrogen) atoms. The van der Waals surface area contributed by atoms with Crippen LogP contribution >= 0.6 is 11.3 Å². The summed E-state index contributed by atoms with van der Waals surface area (Å²) < 4.78 is 0. The van der Waals surface area contributed by atoms with Crippen molar-refractivity contribution in [1.82, 2.24) is 5.32 Å². The lowest BCUT2D eigenvalue weighted by Crippen LogP contribution is -2.30. The highest BCUT2D eigenvalue weighted by atomic mass is 32.1. The first-order valence-electron chi connectivity index (χ1n) is 6.36. The van der Waals surface area contributed by atoms with Crippen molar-refractivity contribution in [3.8, 4) is 0 Å². The van der Waals surface area contributed by atoms with Gasteiger partial charge >= 0.3 is 0 Å².